The Balaban J connectivity index is 5.47. The van der Waals surface area contributed by atoms with E-state index in [1.165, 1.54) is 0 Å². The highest BCUT2D eigenvalue weighted by Gasteiger charge is 2.45. The van der Waals surface area contributed by atoms with Crippen molar-refractivity contribution in [3.8, 4) is 0 Å². The lowest BCUT2D eigenvalue weighted by Gasteiger charge is -2.37. The van der Waals surface area contributed by atoms with Crippen molar-refractivity contribution in [2.75, 3.05) is 27.7 Å². The number of likely N-dealkylation sites (N-methyl/N-ethyl adjacent to an activating group) is 1. The summed E-state index contributed by atoms with van der Waals surface area (Å²) >= 11 is 0. The summed E-state index contributed by atoms with van der Waals surface area (Å²) in [5, 5.41) is 11.0. The van der Waals surface area contributed by atoms with Crippen LogP contribution in [0.5, 0.6) is 0 Å². The average Bonchev–Trinajstić information content (AvgIpc) is 2.24. The fraction of sp³-hybridized carbons (Fsp3) is 0.786. The highest BCUT2D eigenvalue weighted by Crippen LogP contribution is 2.23. The van der Waals surface area contributed by atoms with E-state index in [-0.39, 0.29) is 25.2 Å². The smallest absolute Gasteiger partial charge is 0.307 e. The number of aliphatic carboxylic acids is 1. The van der Waals surface area contributed by atoms with Gasteiger partial charge in [0, 0.05) is 25.2 Å². The minimum Gasteiger partial charge on any atom is -0.550 e. The Morgan fingerprint density at radius 1 is 1.15 bits per heavy atom. The molecule has 0 spiro atoms. The molecule has 0 N–H and O–H groups in total. The molecule has 0 amide bonds. The molecule has 0 saturated carbocycles. The molecule has 1 atom stereocenters. The van der Waals surface area contributed by atoms with Gasteiger partial charge >= 0.3 is 5.97 Å². The van der Waals surface area contributed by atoms with Crippen molar-refractivity contribution < 1.29 is 28.7 Å². The predicted octanol–water partition coefficient (Wildman–Crippen LogP) is -0.106. The zero-order valence-corrected chi connectivity index (χ0v) is 13.0. The van der Waals surface area contributed by atoms with Gasteiger partial charge in [-0.1, -0.05) is 13.8 Å². The predicted molar refractivity (Wildman–Crippen MR) is 71.6 cm³/mol. The molecule has 0 fully saturated rings. The van der Waals surface area contributed by atoms with Gasteiger partial charge in [0.15, 0.2) is 5.78 Å². The van der Waals surface area contributed by atoms with Crippen LogP contribution >= 0.6 is 0 Å². The molecular formula is C14H25NO5. The topological polar surface area (TPSA) is 83.5 Å². The lowest BCUT2D eigenvalue weighted by Crippen LogP contribution is -2.58. The van der Waals surface area contributed by atoms with Crippen LogP contribution in [0.25, 0.3) is 0 Å². The highest BCUT2D eigenvalue weighted by molar-refractivity contribution is 5.92. The number of carboxylic acids is 1. The second-order valence-corrected chi connectivity index (χ2v) is 5.99. The number of rotatable bonds is 9. The Morgan fingerprint density at radius 3 is 2.05 bits per heavy atom. The van der Waals surface area contributed by atoms with Gasteiger partial charge in [0.2, 0.25) is 5.60 Å². The first-order valence-electron chi connectivity index (χ1n) is 6.81. The fourth-order valence-electron chi connectivity index (χ4n) is 2.16. The molecule has 0 unspecified atom stereocenters. The summed E-state index contributed by atoms with van der Waals surface area (Å²) in [5.41, 5.74) is -1.64. The normalized spacial score (nSPS) is 14.4. The van der Waals surface area contributed by atoms with E-state index in [0.717, 1.165) is 0 Å². The SMILES string of the molecule is CCCC(=O)O[C@@](CC(=O)[O-])(C[N+](C)(C)C)C(=O)CC. The largest absolute Gasteiger partial charge is 0.550 e. The first-order chi connectivity index (χ1) is 9.06. The summed E-state index contributed by atoms with van der Waals surface area (Å²) in [5.74, 6) is -2.34. The number of carbonyl (C=O) groups is 3. The van der Waals surface area contributed by atoms with Crippen LogP contribution in [-0.2, 0) is 19.1 Å². The van der Waals surface area contributed by atoms with Crippen molar-refractivity contribution in [3.63, 3.8) is 0 Å². The van der Waals surface area contributed by atoms with E-state index in [2.05, 4.69) is 0 Å². The first kappa shape index (κ1) is 18.6. The number of ether oxygens (including phenoxy) is 1. The molecule has 0 aliphatic rings. The number of nitrogens with zero attached hydrogens (tertiary/aromatic N) is 1. The van der Waals surface area contributed by atoms with Crippen molar-refractivity contribution in [1.29, 1.82) is 0 Å². The van der Waals surface area contributed by atoms with Crippen LogP contribution < -0.4 is 5.11 Å². The Labute approximate surface area is 120 Å². The van der Waals surface area contributed by atoms with E-state index in [0.29, 0.717) is 10.9 Å². The number of Topliss-reactive ketones (excluding diaryl/α,β-unsaturated/α-hetero) is 1. The molecule has 0 rings (SSSR count). The molecule has 0 saturated heterocycles. The molecule has 0 aromatic carbocycles. The summed E-state index contributed by atoms with van der Waals surface area (Å²) in [6, 6.07) is 0. The molecule has 6 nitrogen and oxygen atoms in total. The van der Waals surface area contributed by atoms with Crippen LogP contribution in [0, 0.1) is 0 Å². The Hall–Kier alpha value is -1.43. The summed E-state index contributed by atoms with van der Waals surface area (Å²) in [6.45, 7) is 3.53. The molecule has 0 heterocycles. The van der Waals surface area contributed by atoms with Crippen molar-refractivity contribution >= 4 is 17.7 Å². The third kappa shape index (κ3) is 6.14. The lowest BCUT2D eigenvalue weighted by atomic mass is 9.90. The number of carbonyl (C=O) groups excluding carboxylic acids is 3. The average molecular weight is 287 g/mol. The molecular weight excluding hydrogens is 262 g/mol. The molecule has 0 aromatic heterocycles. The van der Waals surface area contributed by atoms with E-state index in [9.17, 15) is 19.5 Å². The van der Waals surface area contributed by atoms with Gasteiger partial charge in [-0.15, -0.1) is 0 Å². The number of esters is 1. The molecule has 0 aliphatic heterocycles. The molecule has 20 heavy (non-hydrogen) atoms. The fourth-order valence-corrected chi connectivity index (χ4v) is 2.16. The summed E-state index contributed by atoms with van der Waals surface area (Å²) < 4.78 is 5.60. The highest BCUT2D eigenvalue weighted by atomic mass is 16.6. The quantitative estimate of drug-likeness (QED) is 0.436. The number of ketones is 1. The van der Waals surface area contributed by atoms with Gasteiger partial charge in [0.25, 0.3) is 0 Å². The van der Waals surface area contributed by atoms with E-state index in [1.807, 2.05) is 6.92 Å². The third-order valence-corrected chi connectivity index (χ3v) is 2.75. The zero-order valence-electron chi connectivity index (χ0n) is 13.0. The van der Waals surface area contributed by atoms with Crippen molar-refractivity contribution in [2.45, 2.75) is 45.1 Å². The molecule has 6 heteroatoms. The Bertz CT molecular complexity index is 372. The molecule has 0 radical (unpaired) electrons. The van der Waals surface area contributed by atoms with Gasteiger partial charge in [-0.3, -0.25) is 9.59 Å². The number of hydrogen-bond acceptors (Lipinski definition) is 5. The maximum atomic E-state index is 12.2. The number of hydrogen-bond donors (Lipinski definition) is 0. The van der Waals surface area contributed by atoms with E-state index < -0.39 is 24.0 Å². The van der Waals surface area contributed by atoms with Gasteiger partial charge in [0.05, 0.1) is 21.1 Å². The van der Waals surface area contributed by atoms with Crippen LogP contribution in [0.1, 0.15) is 39.5 Å². The molecule has 0 aliphatic carbocycles. The summed E-state index contributed by atoms with van der Waals surface area (Å²) in [7, 11) is 5.42. The van der Waals surface area contributed by atoms with E-state index in [1.54, 1.807) is 28.1 Å². The second-order valence-electron chi connectivity index (χ2n) is 5.99. The van der Waals surface area contributed by atoms with Gasteiger partial charge < -0.3 is 19.1 Å². The van der Waals surface area contributed by atoms with Crippen molar-refractivity contribution in [2.24, 2.45) is 0 Å². The second kappa shape index (κ2) is 7.38. The summed E-state index contributed by atoms with van der Waals surface area (Å²) in [6.07, 6.45) is 0.227. The zero-order chi connectivity index (χ0) is 16.0. The van der Waals surface area contributed by atoms with Crippen LogP contribution in [0.3, 0.4) is 0 Å². The first-order valence-corrected chi connectivity index (χ1v) is 6.81. The van der Waals surface area contributed by atoms with Gasteiger partial charge in [0.1, 0.15) is 6.54 Å². The maximum Gasteiger partial charge on any atom is 0.307 e. The molecule has 0 aromatic rings. The van der Waals surface area contributed by atoms with Gasteiger partial charge in [-0.2, -0.15) is 0 Å². The third-order valence-electron chi connectivity index (χ3n) is 2.75. The number of quaternary nitrogens is 1. The lowest BCUT2D eigenvalue weighted by molar-refractivity contribution is -0.875. The van der Waals surface area contributed by atoms with Crippen molar-refractivity contribution in [1.82, 2.24) is 0 Å². The van der Waals surface area contributed by atoms with Crippen LogP contribution in [0.2, 0.25) is 0 Å². The minimum atomic E-state index is -1.64. The standard InChI is InChI=1S/C14H25NO5/c1-6-8-13(19)20-14(9-12(17)18,11(16)7-2)10-15(3,4)5/h6-10H2,1-5H3/t14-/m0/s1. The van der Waals surface area contributed by atoms with Crippen LogP contribution in [0.4, 0.5) is 0 Å². The van der Waals surface area contributed by atoms with E-state index in [4.69, 9.17) is 4.74 Å². The maximum absolute atomic E-state index is 12.2. The summed E-state index contributed by atoms with van der Waals surface area (Å²) in [4.78, 5) is 35.0. The van der Waals surface area contributed by atoms with Crippen LogP contribution in [0.15, 0.2) is 0 Å². The van der Waals surface area contributed by atoms with Crippen molar-refractivity contribution in [3.05, 3.63) is 0 Å². The van der Waals surface area contributed by atoms with Gasteiger partial charge in [-0.05, 0) is 6.42 Å². The minimum absolute atomic E-state index is 0.100. The number of carboxylic acid groups (broad SMARTS) is 1. The Morgan fingerprint density at radius 2 is 1.70 bits per heavy atom. The Kier molecular flexibility index (Phi) is 6.85. The van der Waals surface area contributed by atoms with Crippen LogP contribution in [-0.4, -0.2) is 55.5 Å². The molecule has 0 bridgehead atoms. The van der Waals surface area contributed by atoms with E-state index >= 15 is 0 Å². The molecule has 116 valence electrons. The van der Waals surface area contributed by atoms with Gasteiger partial charge in [-0.25, -0.2) is 0 Å². The monoisotopic (exact) mass is 287 g/mol.